The van der Waals surface area contributed by atoms with Gasteiger partial charge in [0, 0.05) is 17.5 Å². The monoisotopic (exact) mass is 420 g/mol. The molecule has 0 aliphatic carbocycles. The van der Waals surface area contributed by atoms with Gasteiger partial charge in [0.1, 0.15) is 16.2 Å². The second-order valence-corrected chi connectivity index (χ2v) is 8.83. The molecule has 0 aliphatic heterocycles. The number of nitrogens with zero attached hydrogens (tertiary/aromatic N) is 6. The second kappa shape index (κ2) is 6.78. The first-order chi connectivity index (χ1) is 14.0. The summed E-state index contributed by atoms with van der Waals surface area (Å²) in [6.07, 6.45) is 1.48. The molecule has 9 heteroatoms. The number of rotatable bonds is 3. The van der Waals surface area contributed by atoms with E-state index >= 15 is 0 Å². The number of benzene rings is 1. The standard InChI is InChI=1S/C20H16N6OS2/c1-11-12(2)28-17-16(11)18(27)25(3)20(24-17)29-15-9-14(13-7-5-4-6-8-13)23-19-21-10-22-26(15)19/h4-10H,1-3H3. The minimum absolute atomic E-state index is 0.0356. The molecule has 0 N–H and O–H groups in total. The van der Waals surface area contributed by atoms with Crippen molar-refractivity contribution in [3.05, 3.63) is 63.5 Å². The van der Waals surface area contributed by atoms with Gasteiger partial charge in [-0.1, -0.05) is 30.3 Å². The molecule has 5 rings (SSSR count). The summed E-state index contributed by atoms with van der Waals surface area (Å²) < 4.78 is 3.26. The molecular weight excluding hydrogens is 404 g/mol. The third-order valence-corrected chi connectivity index (χ3v) is 7.00. The van der Waals surface area contributed by atoms with E-state index in [0.717, 1.165) is 31.6 Å². The Balaban J connectivity index is 1.68. The molecule has 0 amide bonds. The molecule has 29 heavy (non-hydrogen) atoms. The average Bonchev–Trinajstić information content (AvgIpc) is 3.31. The Morgan fingerprint density at radius 2 is 1.90 bits per heavy atom. The zero-order chi connectivity index (χ0) is 20.1. The van der Waals surface area contributed by atoms with Gasteiger partial charge < -0.3 is 0 Å². The largest absolute Gasteiger partial charge is 0.290 e. The third kappa shape index (κ3) is 2.93. The first-order valence-electron chi connectivity index (χ1n) is 8.93. The summed E-state index contributed by atoms with van der Waals surface area (Å²) in [6, 6.07) is 11.9. The summed E-state index contributed by atoms with van der Waals surface area (Å²) in [5, 5.41) is 6.38. The molecule has 5 aromatic rings. The van der Waals surface area contributed by atoms with E-state index < -0.39 is 0 Å². The molecule has 0 saturated carbocycles. The first-order valence-corrected chi connectivity index (χ1v) is 10.6. The highest BCUT2D eigenvalue weighted by Crippen LogP contribution is 2.32. The van der Waals surface area contributed by atoms with Crippen molar-refractivity contribution in [3.63, 3.8) is 0 Å². The molecule has 0 fully saturated rings. The second-order valence-electron chi connectivity index (χ2n) is 6.64. The number of thiophene rings is 1. The Morgan fingerprint density at radius 3 is 2.69 bits per heavy atom. The highest BCUT2D eigenvalue weighted by molar-refractivity contribution is 7.99. The molecule has 0 saturated heterocycles. The van der Waals surface area contributed by atoms with Crippen LogP contribution in [0, 0.1) is 13.8 Å². The van der Waals surface area contributed by atoms with Crippen LogP contribution in [0.5, 0.6) is 0 Å². The van der Waals surface area contributed by atoms with Crippen LogP contribution >= 0.6 is 23.1 Å². The molecule has 0 radical (unpaired) electrons. The van der Waals surface area contributed by atoms with Crippen LogP contribution in [-0.2, 0) is 7.05 Å². The maximum atomic E-state index is 12.9. The zero-order valence-corrected chi connectivity index (χ0v) is 17.6. The fourth-order valence-electron chi connectivity index (χ4n) is 3.16. The van der Waals surface area contributed by atoms with Crippen LogP contribution in [0.25, 0.3) is 27.3 Å². The Hall–Kier alpha value is -3.04. The highest BCUT2D eigenvalue weighted by Gasteiger charge is 2.17. The maximum absolute atomic E-state index is 12.9. The number of hydrogen-bond acceptors (Lipinski definition) is 7. The minimum Gasteiger partial charge on any atom is -0.290 e. The summed E-state index contributed by atoms with van der Waals surface area (Å²) in [6.45, 7) is 3.99. The van der Waals surface area contributed by atoms with Gasteiger partial charge in [0.05, 0.1) is 11.1 Å². The van der Waals surface area contributed by atoms with Crippen molar-refractivity contribution >= 4 is 39.1 Å². The molecular formula is C20H16N6OS2. The van der Waals surface area contributed by atoms with E-state index in [1.807, 2.05) is 50.2 Å². The van der Waals surface area contributed by atoms with Crippen LogP contribution in [0.2, 0.25) is 0 Å². The third-order valence-electron chi connectivity index (χ3n) is 4.85. The SMILES string of the molecule is Cc1sc2nc(Sc3cc(-c4ccccc4)nc4ncnn34)n(C)c(=O)c2c1C. The van der Waals surface area contributed by atoms with Gasteiger partial charge in [-0.25, -0.2) is 9.97 Å². The molecule has 0 bridgehead atoms. The Kier molecular flexibility index (Phi) is 4.21. The summed E-state index contributed by atoms with van der Waals surface area (Å²) in [7, 11) is 1.75. The zero-order valence-electron chi connectivity index (χ0n) is 15.9. The van der Waals surface area contributed by atoms with Crippen LogP contribution in [0.1, 0.15) is 10.4 Å². The fourth-order valence-corrected chi connectivity index (χ4v) is 5.16. The molecule has 144 valence electrons. The predicted molar refractivity (Wildman–Crippen MR) is 115 cm³/mol. The maximum Gasteiger partial charge on any atom is 0.262 e. The van der Waals surface area contributed by atoms with Crippen LogP contribution in [-0.4, -0.2) is 29.1 Å². The van der Waals surface area contributed by atoms with Crippen molar-refractivity contribution in [2.45, 2.75) is 24.0 Å². The molecule has 4 heterocycles. The van der Waals surface area contributed by atoms with Crippen molar-refractivity contribution in [2.24, 2.45) is 7.05 Å². The molecule has 4 aromatic heterocycles. The normalized spacial score (nSPS) is 11.6. The van der Waals surface area contributed by atoms with E-state index in [1.165, 1.54) is 18.1 Å². The summed E-state index contributed by atoms with van der Waals surface area (Å²) in [5.41, 5.74) is 2.75. The van der Waals surface area contributed by atoms with Crippen molar-refractivity contribution in [2.75, 3.05) is 0 Å². The van der Waals surface area contributed by atoms with Crippen molar-refractivity contribution < 1.29 is 0 Å². The van der Waals surface area contributed by atoms with E-state index in [2.05, 4.69) is 15.1 Å². The Morgan fingerprint density at radius 1 is 1.10 bits per heavy atom. The van der Waals surface area contributed by atoms with Crippen LogP contribution < -0.4 is 5.56 Å². The number of aromatic nitrogens is 6. The molecule has 7 nitrogen and oxygen atoms in total. The highest BCUT2D eigenvalue weighted by atomic mass is 32.2. The van der Waals surface area contributed by atoms with Crippen LogP contribution in [0.15, 0.2) is 57.7 Å². The molecule has 1 aromatic carbocycles. The van der Waals surface area contributed by atoms with Gasteiger partial charge in [-0.15, -0.1) is 11.3 Å². The van der Waals surface area contributed by atoms with Gasteiger partial charge in [-0.05, 0) is 37.2 Å². The van der Waals surface area contributed by atoms with Crippen molar-refractivity contribution in [3.8, 4) is 11.3 Å². The predicted octanol–water partition coefficient (Wildman–Crippen LogP) is 3.87. The van der Waals surface area contributed by atoms with Crippen molar-refractivity contribution in [1.82, 2.24) is 29.1 Å². The summed E-state index contributed by atoms with van der Waals surface area (Å²) >= 11 is 2.93. The van der Waals surface area contributed by atoms with E-state index in [-0.39, 0.29) is 5.56 Å². The average molecular weight is 421 g/mol. The van der Waals surface area contributed by atoms with Gasteiger partial charge in [-0.2, -0.15) is 14.6 Å². The topological polar surface area (TPSA) is 78.0 Å². The van der Waals surface area contributed by atoms with E-state index in [0.29, 0.717) is 16.3 Å². The van der Waals surface area contributed by atoms with Gasteiger partial charge in [0.15, 0.2) is 5.16 Å². The number of fused-ring (bicyclic) bond motifs is 2. The lowest BCUT2D eigenvalue weighted by Gasteiger charge is -2.09. The van der Waals surface area contributed by atoms with Gasteiger partial charge in [0.25, 0.3) is 11.3 Å². The van der Waals surface area contributed by atoms with E-state index in [9.17, 15) is 4.79 Å². The Bertz CT molecular complexity index is 1430. The van der Waals surface area contributed by atoms with E-state index in [1.54, 1.807) is 27.5 Å². The molecule has 0 unspecified atom stereocenters. The van der Waals surface area contributed by atoms with Gasteiger partial charge in [0.2, 0.25) is 0 Å². The smallest absolute Gasteiger partial charge is 0.262 e. The van der Waals surface area contributed by atoms with Crippen LogP contribution in [0.4, 0.5) is 0 Å². The fraction of sp³-hybridized carbons (Fsp3) is 0.150. The Labute approximate surface area is 174 Å². The molecule has 0 atom stereocenters. The minimum atomic E-state index is -0.0356. The first kappa shape index (κ1) is 18.0. The van der Waals surface area contributed by atoms with Crippen LogP contribution in [0.3, 0.4) is 0 Å². The van der Waals surface area contributed by atoms with Gasteiger partial charge in [-0.3, -0.25) is 9.36 Å². The lowest BCUT2D eigenvalue weighted by Crippen LogP contribution is -2.20. The lowest BCUT2D eigenvalue weighted by molar-refractivity contribution is 0.723. The lowest BCUT2D eigenvalue weighted by atomic mass is 10.1. The summed E-state index contributed by atoms with van der Waals surface area (Å²) in [5.74, 6) is 0.503. The quantitative estimate of drug-likeness (QED) is 0.326. The molecule has 0 spiro atoms. The van der Waals surface area contributed by atoms with Crippen molar-refractivity contribution in [1.29, 1.82) is 0 Å². The summed E-state index contributed by atoms with van der Waals surface area (Å²) in [4.78, 5) is 28.4. The van der Waals surface area contributed by atoms with E-state index in [4.69, 9.17) is 4.98 Å². The number of hydrogen-bond donors (Lipinski definition) is 0. The van der Waals surface area contributed by atoms with Gasteiger partial charge >= 0.3 is 0 Å². The number of aryl methyl sites for hydroxylation is 2. The molecule has 0 aliphatic rings.